The molecule has 2 aromatic rings. The first-order valence-electron chi connectivity index (χ1n) is 5.83. The fourth-order valence-corrected chi connectivity index (χ4v) is 2.56. The molecule has 0 fully saturated rings. The van der Waals surface area contributed by atoms with Gasteiger partial charge in [0.1, 0.15) is 11.6 Å². The Morgan fingerprint density at radius 1 is 1.32 bits per heavy atom. The molecule has 5 heteroatoms. The Bertz CT molecular complexity index is 541. The van der Waals surface area contributed by atoms with E-state index >= 15 is 0 Å². The van der Waals surface area contributed by atoms with Crippen molar-refractivity contribution < 1.29 is 4.74 Å². The van der Waals surface area contributed by atoms with Crippen LogP contribution >= 0.6 is 23.4 Å². The molecule has 100 valence electrons. The highest BCUT2D eigenvalue weighted by Crippen LogP contribution is 2.29. The molecule has 0 aliphatic heterocycles. The SMILES string of the molecule is CNc1cccc(SC)c1COc1ncccc1Cl. The number of nitrogens with one attached hydrogen (secondary N) is 1. The van der Waals surface area contributed by atoms with Crippen molar-refractivity contribution in [2.75, 3.05) is 18.6 Å². The topological polar surface area (TPSA) is 34.1 Å². The Labute approximate surface area is 122 Å². The molecule has 1 heterocycles. The average Bonchev–Trinajstić information content (AvgIpc) is 2.46. The zero-order valence-corrected chi connectivity index (χ0v) is 12.4. The highest BCUT2D eigenvalue weighted by molar-refractivity contribution is 7.98. The molecule has 0 unspecified atom stereocenters. The normalized spacial score (nSPS) is 10.3. The second-order valence-corrected chi connectivity index (χ2v) is 5.07. The number of aromatic nitrogens is 1. The van der Waals surface area contributed by atoms with Crippen LogP contribution in [0.3, 0.4) is 0 Å². The third-order valence-corrected chi connectivity index (χ3v) is 3.81. The highest BCUT2D eigenvalue weighted by atomic mass is 35.5. The number of nitrogens with zero attached hydrogens (tertiary/aromatic N) is 1. The maximum atomic E-state index is 6.03. The maximum absolute atomic E-state index is 6.03. The summed E-state index contributed by atoms with van der Waals surface area (Å²) in [5.41, 5.74) is 2.16. The van der Waals surface area contributed by atoms with E-state index < -0.39 is 0 Å². The van der Waals surface area contributed by atoms with E-state index in [0.29, 0.717) is 17.5 Å². The minimum absolute atomic E-state index is 0.434. The number of hydrogen-bond acceptors (Lipinski definition) is 4. The van der Waals surface area contributed by atoms with Gasteiger partial charge in [0.05, 0.1) is 0 Å². The third-order valence-electron chi connectivity index (χ3n) is 2.70. The van der Waals surface area contributed by atoms with Gasteiger partial charge in [-0.3, -0.25) is 0 Å². The number of thioether (sulfide) groups is 1. The summed E-state index contributed by atoms with van der Waals surface area (Å²) in [5.74, 6) is 0.460. The molecule has 1 N–H and O–H groups in total. The predicted octanol–water partition coefficient (Wildman–Crippen LogP) is 4.08. The number of hydrogen-bond donors (Lipinski definition) is 1. The van der Waals surface area contributed by atoms with Gasteiger partial charge >= 0.3 is 0 Å². The third kappa shape index (κ3) is 3.33. The Balaban J connectivity index is 2.21. The monoisotopic (exact) mass is 294 g/mol. The van der Waals surface area contributed by atoms with E-state index in [1.54, 1.807) is 30.1 Å². The number of benzene rings is 1. The van der Waals surface area contributed by atoms with Gasteiger partial charge in [0.25, 0.3) is 0 Å². The molecule has 3 nitrogen and oxygen atoms in total. The van der Waals surface area contributed by atoms with Crippen molar-refractivity contribution >= 4 is 29.1 Å². The first kappa shape index (κ1) is 14.0. The quantitative estimate of drug-likeness (QED) is 0.843. The molecule has 0 aliphatic carbocycles. The number of ether oxygens (including phenoxy) is 1. The van der Waals surface area contributed by atoms with Crippen molar-refractivity contribution in [2.24, 2.45) is 0 Å². The maximum Gasteiger partial charge on any atom is 0.232 e. The molecule has 0 radical (unpaired) electrons. The molecule has 0 saturated carbocycles. The predicted molar refractivity (Wildman–Crippen MR) is 81.3 cm³/mol. The number of pyridine rings is 1. The summed E-state index contributed by atoms with van der Waals surface area (Å²) in [4.78, 5) is 5.30. The number of halogens is 1. The summed E-state index contributed by atoms with van der Waals surface area (Å²) >= 11 is 7.72. The fourth-order valence-electron chi connectivity index (χ4n) is 1.76. The van der Waals surface area contributed by atoms with Gasteiger partial charge in [0.15, 0.2) is 0 Å². The second-order valence-electron chi connectivity index (χ2n) is 3.82. The summed E-state index contributed by atoms with van der Waals surface area (Å²) in [6, 6.07) is 9.67. The molecule has 1 aromatic heterocycles. The van der Waals surface area contributed by atoms with E-state index in [-0.39, 0.29) is 0 Å². The van der Waals surface area contributed by atoms with Crippen LogP contribution < -0.4 is 10.1 Å². The van der Waals surface area contributed by atoms with E-state index in [2.05, 4.69) is 16.4 Å². The Morgan fingerprint density at radius 2 is 2.16 bits per heavy atom. The van der Waals surface area contributed by atoms with Crippen LogP contribution in [0, 0.1) is 0 Å². The lowest BCUT2D eigenvalue weighted by atomic mass is 10.2. The van der Waals surface area contributed by atoms with Gasteiger partial charge in [-0.2, -0.15) is 0 Å². The molecular weight excluding hydrogens is 280 g/mol. The van der Waals surface area contributed by atoms with E-state index in [0.717, 1.165) is 11.3 Å². The van der Waals surface area contributed by atoms with Crippen LogP contribution in [0.4, 0.5) is 5.69 Å². The van der Waals surface area contributed by atoms with Gasteiger partial charge in [0, 0.05) is 29.4 Å². The Morgan fingerprint density at radius 3 is 2.84 bits per heavy atom. The average molecular weight is 295 g/mol. The molecule has 0 bridgehead atoms. The molecular formula is C14H15ClN2OS. The van der Waals surface area contributed by atoms with Crippen molar-refractivity contribution in [1.29, 1.82) is 0 Å². The summed E-state index contributed by atoms with van der Waals surface area (Å²) in [6.07, 6.45) is 3.71. The minimum atomic E-state index is 0.434. The van der Waals surface area contributed by atoms with Crippen LogP contribution in [-0.4, -0.2) is 18.3 Å². The van der Waals surface area contributed by atoms with Crippen LogP contribution in [0.15, 0.2) is 41.4 Å². The lowest BCUT2D eigenvalue weighted by Gasteiger charge is -2.14. The van der Waals surface area contributed by atoms with Crippen LogP contribution in [-0.2, 0) is 6.61 Å². The van der Waals surface area contributed by atoms with Gasteiger partial charge in [-0.15, -0.1) is 11.8 Å². The highest BCUT2D eigenvalue weighted by Gasteiger charge is 2.09. The lowest BCUT2D eigenvalue weighted by Crippen LogP contribution is -2.03. The summed E-state index contributed by atoms with van der Waals surface area (Å²) in [6.45, 7) is 0.434. The molecule has 0 saturated heterocycles. The molecule has 2 rings (SSSR count). The zero-order valence-electron chi connectivity index (χ0n) is 10.8. The van der Waals surface area contributed by atoms with E-state index in [1.165, 1.54) is 4.90 Å². The summed E-state index contributed by atoms with van der Waals surface area (Å²) < 4.78 is 5.71. The molecule has 1 aromatic carbocycles. The van der Waals surface area contributed by atoms with Crippen molar-refractivity contribution in [2.45, 2.75) is 11.5 Å². The van der Waals surface area contributed by atoms with Gasteiger partial charge in [-0.1, -0.05) is 17.7 Å². The first-order valence-corrected chi connectivity index (χ1v) is 7.43. The molecule has 0 spiro atoms. The largest absolute Gasteiger partial charge is 0.472 e. The standard InChI is InChI=1S/C14H15ClN2OS/c1-16-12-6-3-7-13(19-2)10(12)9-18-14-11(15)5-4-8-17-14/h3-8,16H,9H2,1-2H3. The fraction of sp³-hybridized carbons (Fsp3) is 0.214. The summed E-state index contributed by atoms with van der Waals surface area (Å²) in [7, 11) is 1.90. The van der Waals surface area contributed by atoms with Gasteiger partial charge in [-0.05, 0) is 30.5 Å². The number of rotatable bonds is 5. The van der Waals surface area contributed by atoms with Gasteiger partial charge in [0.2, 0.25) is 5.88 Å². The van der Waals surface area contributed by atoms with E-state index in [9.17, 15) is 0 Å². The van der Waals surface area contributed by atoms with Crippen LogP contribution in [0.1, 0.15) is 5.56 Å². The molecule has 0 aliphatic rings. The van der Waals surface area contributed by atoms with Gasteiger partial charge in [-0.25, -0.2) is 4.98 Å². The molecule has 0 atom stereocenters. The Hall–Kier alpha value is -1.39. The molecule has 0 amide bonds. The zero-order chi connectivity index (χ0) is 13.7. The van der Waals surface area contributed by atoms with Crippen molar-refractivity contribution in [3.8, 4) is 5.88 Å². The minimum Gasteiger partial charge on any atom is -0.472 e. The first-order chi connectivity index (χ1) is 9.26. The van der Waals surface area contributed by atoms with Crippen LogP contribution in [0.2, 0.25) is 5.02 Å². The van der Waals surface area contributed by atoms with Crippen molar-refractivity contribution in [3.63, 3.8) is 0 Å². The molecule has 19 heavy (non-hydrogen) atoms. The van der Waals surface area contributed by atoms with E-state index in [1.807, 2.05) is 25.4 Å². The van der Waals surface area contributed by atoms with Crippen LogP contribution in [0.5, 0.6) is 5.88 Å². The Kier molecular flexibility index (Phi) is 4.93. The smallest absolute Gasteiger partial charge is 0.232 e. The van der Waals surface area contributed by atoms with Crippen molar-refractivity contribution in [1.82, 2.24) is 4.98 Å². The van der Waals surface area contributed by atoms with Gasteiger partial charge < -0.3 is 10.1 Å². The van der Waals surface area contributed by atoms with Crippen molar-refractivity contribution in [3.05, 3.63) is 47.1 Å². The van der Waals surface area contributed by atoms with E-state index in [4.69, 9.17) is 16.3 Å². The second kappa shape index (κ2) is 6.68. The lowest BCUT2D eigenvalue weighted by molar-refractivity contribution is 0.292. The van der Waals surface area contributed by atoms with Crippen LogP contribution in [0.25, 0.3) is 0 Å². The number of anilines is 1. The summed E-state index contributed by atoms with van der Waals surface area (Å²) in [5, 5.41) is 3.70.